The first-order valence-corrected chi connectivity index (χ1v) is 11.8. The fourth-order valence-corrected chi connectivity index (χ4v) is 4.07. The van der Waals surface area contributed by atoms with Crippen LogP contribution < -0.4 is 14.8 Å². The monoisotopic (exact) mass is 444 g/mol. The molecule has 1 N–H and O–H groups in total. The molecule has 0 spiro atoms. The Labute approximate surface area is 196 Å². The van der Waals surface area contributed by atoms with Crippen LogP contribution in [0.5, 0.6) is 17.2 Å². The Morgan fingerprint density at radius 3 is 2.33 bits per heavy atom. The van der Waals surface area contributed by atoms with Gasteiger partial charge in [0.1, 0.15) is 23.4 Å². The Balaban J connectivity index is 1.26. The van der Waals surface area contributed by atoms with Crippen LogP contribution >= 0.6 is 0 Å². The van der Waals surface area contributed by atoms with Crippen molar-refractivity contribution < 1.29 is 14.3 Å². The van der Waals surface area contributed by atoms with Gasteiger partial charge in [0.25, 0.3) is 5.91 Å². The first-order chi connectivity index (χ1) is 16.2. The molecule has 4 rings (SSSR count). The molecule has 0 radical (unpaired) electrons. The Kier molecular flexibility index (Phi) is 7.99. The van der Waals surface area contributed by atoms with E-state index in [0.29, 0.717) is 17.9 Å². The SMILES string of the molecule is CCCN1CCC(Oc2cccc(CNC(=O)c3ccc(Oc4ccccc4)cc3)c2)CC1. The molecule has 1 aliphatic rings. The summed E-state index contributed by atoms with van der Waals surface area (Å²) in [5.74, 6) is 2.22. The number of nitrogens with zero attached hydrogens (tertiary/aromatic N) is 1. The molecule has 0 bridgehead atoms. The van der Waals surface area contributed by atoms with Gasteiger partial charge < -0.3 is 19.7 Å². The highest BCUT2D eigenvalue weighted by Gasteiger charge is 2.20. The molecule has 1 fully saturated rings. The third-order valence-electron chi connectivity index (χ3n) is 5.82. The molecule has 1 amide bonds. The predicted octanol–water partition coefficient (Wildman–Crippen LogP) is 5.66. The van der Waals surface area contributed by atoms with Crippen molar-refractivity contribution in [2.75, 3.05) is 19.6 Å². The summed E-state index contributed by atoms with van der Waals surface area (Å²) in [5.41, 5.74) is 1.62. The summed E-state index contributed by atoms with van der Waals surface area (Å²) < 4.78 is 12.0. The number of hydrogen-bond acceptors (Lipinski definition) is 4. The number of carbonyl (C=O) groups is 1. The Morgan fingerprint density at radius 2 is 1.61 bits per heavy atom. The fraction of sp³-hybridized carbons (Fsp3) is 0.321. The maximum absolute atomic E-state index is 12.6. The van der Waals surface area contributed by atoms with Gasteiger partial charge in [-0.3, -0.25) is 4.79 Å². The lowest BCUT2D eigenvalue weighted by atomic mass is 10.1. The number of carbonyl (C=O) groups excluding carboxylic acids is 1. The third-order valence-corrected chi connectivity index (χ3v) is 5.82. The van der Waals surface area contributed by atoms with E-state index in [9.17, 15) is 4.79 Å². The lowest BCUT2D eigenvalue weighted by molar-refractivity contribution is 0.0949. The zero-order chi connectivity index (χ0) is 22.9. The fourth-order valence-electron chi connectivity index (χ4n) is 4.07. The van der Waals surface area contributed by atoms with E-state index >= 15 is 0 Å². The molecule has 172 valence electrons. The molecule has 0 saturated carbocycles. The first-order valence-electron chi connectivity index (χ1n) is 11.8. The number of benzene rings is 3. The van der Waals surface area contributed by atoms with Gasteiger partial charge in [-0.15, -0.1) is 0 Å². The van der Waals surface area contributed by atoms with E-state index in [-0.39, 0.29) is 12.0 Å². The number of rotatable bonds is 9. The van der Waals surface area contributed by atoms with Gasteiger partial charge in [0.05, 0.1) is 0 Å². The molecule has 1 heterocycles. The average Bonchev–Trinajstić information content (AvgIpc) is 2.85. The molecule has 5 heteroatoms. The largest absolute Gasteiger partial charge is 0.490 e. The number of amides is 1. The lowest BCUT2D eigenvalue weighted by Crippen LogP contribution is -2.38. The Bertz CT molecular complexity index is 1010. The van der Waals surface area contributed by atoms with Gasteiger partial charge in [0.15, 0.2) is 0 Å². The molecular weight excluding hydrogens is 412 g/mol. The van der Waals surface area contributed by atoms with Crippen molar-refractivity contribution >= 4 is 5.91 Å². The second-order valence-electron chi connectivity index (χ2n) is 8.43. The van der Waals surface area contributed by atoms with Crippen LogP contribution in [0.1, 0.15) is 42.1 Å². The number of piperidine rings is 1. The van der Waals surface area contributed by atoms with E-state index in [4.69, 9.17) is 9.47 Å². The van der Waals surface area contributed by atoms with Crippen LogP contribution in [0.4, 0.5) is 0 Å². The number of likely N-dealkylation sites (tertiary alicyclic amines) is 1. The van der Waals surface area contributed by atoms with E-state index in [1.54, 1.807) is 12.1 Å². The van der Waals surface area contributed by atoms with Gasteiger partial charge in [-0.1, -0.05) is 37.3 Å². The summed E-state index contributed by atoms with van der Waals surface area (Å²) in [7, 11) is 0. The standard InChI is InChI=1S/C28H32N2O3/c1-2-17-30-18-15-26(16-19-30)33-27-10-6-7-22(20-27)21-29-28(31)23-11-13-25(14-12-23)32-24-8-4-3-5-9-24/h3-14,20,26H,2,15-19,21H2,1H3,(H,29,31). The van der Waals surface area contributed by atoms with Crippen molar-refractivity contribution in [2.24, 2.45) is 0 Å². The Morgan fingerprint density at radius 1 is 0.909 bits per heavy atom. The normalized spacial score (nSPS) is 14.6. The van der Waals surface area contributed by atoms with Crippen molar-refractivity contribution in [1.82, 2.24) is 10.2 Å². The van der Waals surface area contributed by atoms with Gasteiger partial charge in [0.2, 0.25) is 0 Å². The number of ether oxygens (including phenoxy) is 2. The highest BCUT2D eigenvalue weighted by Crippen LogP contribution is 2.22. The summed E-state index contributed by atoms with van der Waals surface area (Å²) >= 11 is 0. The maximum Gasteiger partial charge on any atom is 0.251 e. The van der Waals surface area contributed by atoms with Crippen LogP contribution in [0.25, 0.3) is 0 Å². The second kappa shape index (κ2) is 11.5. The van der Waals surface area contributed by atoms with Crippen molar-refractivity contribution in [3.05, 3.63) is 90.0 Å². The molecule has 1 aliphatic heterocycles. The van der Waals surface area contributed by atoms with Crippen molar-refractivity contribution in [1.29, 1.82) is 0 Å². The van der Waals surface area contributed by atoms with Crippen LogP contribution in [0.15, 0.2) is 78.9 Å². The summed E-state index contributed by atoms with van der Waals surface area (Å²) in [6, 6.07) is 24.8. The molecule has 3 aromatic carbocycles. The van der Waals surface area contributed by atoms with E-state index in [1.807, 2.05) is 66.7 Å². The topological polar surface area (TPSA) is 50.8 Å². The summed E-state index contributed by atoms with van der Waals surface area (Å²) in [6.07, 6.45) is 3.58. The van der Waals surface area contributed by atoms with Crippen LogP contribution in [-0.2, 0) is 6.54 Å². The quantitative estimate of drug-likeness (QED) is 0.463. The van der Waals surface area contributed by atoms with Gasteiger partial charge >= 0.3 is 0 Å². The average molecular weight is 445 g/mol. The molecule has 1 saturated heterocycles. The molecule has 3 aromatic rings. The molecule has 0 atom stereocenters. The van der Waals surface area contributed by atoms with Crippen LogP contribution in [0.2, 0.25) is 0 Å². The maximum atomic E-state index is 12.6. The molecule has 0 aliphatic carbocycles. The Hall–Kier alpha value is -3.31. The van der Waals surface area contributed by atoms with E-state index in [1.165, 1.54) is 13.0 Å². The summed E-state index contributed by atoms with van der Waals surface area (Å²) in [4.78, 5) is 15.1. The van der Waals surface area contributed by atoms with Crippen molar-refractivity contribution in [3.8, 4) is 17.2 Å². The molecule has 0 aromatic heterocycles. The van der Waals surface area contributed by atoms with Crippen molar-refractivity contribution in [2.45, 2.75) is 38.8 Å². The van der Waals surface area contributed by atoms with Crippen molar-refractivity contribution in [3.63, 3.8) is 0 Å². The minimum absolute atomic E-state index is 0.115. The third kappa shape index (κ3) is 6.83. The molecule has 0 unspecified atom stereocenters. The highest BCUT2D eigenvalue weighted by atomic mass is 16.5. The van der Waals surface area contributed by atoms with E-state index in [2.05, 4.69) is 17.1 Å². The number of para-hydroxylation sites is 1. The minimum atomic E-state index is -0.115. The predicted molar refractivity (Wildman–Crippen MR) is 131 cm³/mol. The highest BCUT2D eigenvalue weighted by molar-refractivity contribution is 5.94. The van der Waals surface area contributed by atoms with Crippen LogP contribution in [-0.4, -0.2) is 36.5 Å². The molecule has 5 nitrogen and oxygen atoms in total. The van der Waals surface area contributed by atoms with Crippen LogP contribution in [0, 0.1) is 0 Å². The van der Waals surface area contributed by atoms with E-state index < -0.39 is 0 Å². The smallest absolute Gasteiger partial charge is 0.251 e. The second-order valence-corrected chi connectivity index (χ2v) is 8.43. The van der Waals surface area contributed by atoms with Gasteiger partial charge in [-0.25, -0.2) is 0 Å². The first kappa shape index (κ1) is 22.9. The molecule has 33 heavy (non-hydrogen) atoms. The lowest BCUT2D eigenvalue weighted by Gasteiger charge is -2.31. The number of hydrogen-bond donors (Lipinski definition) is 1. The number of nitrogens with one attached hydrogen (secondary N) is 1. The van der Waals surface area contributed by atoms with Gasteiger partial charge in [0, 0.05) is 25.2 Å². The van der Waals surface area contributed by atoms with Gasteiger partial charge in [-0.05, 0) is 79.9 Å². The van der Waals surface area contributed by atoms with Crippen LogP contribution in [0.3, 0.4) is 0 Å². The van der Waals surface area contributed by atoms with E-state index in [0.717, 1.165) is 43.0 Å². The summed E-state index contributed by atoms with van der Waals surface area (Å²) in [5, 5.41) is 2.99. The molecular formula is C28H32N2O3. The minimum Gasteiger partial charge on any atom is -0.490 e. The summed E-state index contributed by atoms with van der Waals surface area (Å²) in [6.45, 7) is 6.05. The zero-order valence-electron chi connectivity index (χ0n) is 19.2. The zero-order valence-corrected chi connectivity index (χ0v) is 19.2. The van der Waals surface area contributed by atoms with Gasteiger partial charge in [-0.2, -0.15) is 0 Å².